The van der Waals surface area contributed by atoms with Gasteiger partial charge in [-0.3, -0.25) is 15.0 Å². The van der Waals surface area contributed by atoms with Crippen LogP contribution in [0, 0.1) is 11.6 Å². The Morgan fingerprint density at radius 2 is 1.46 bits per heavy atom. The van der Waals surface area contributed by atoms with Gasteiger partial charge in [-0.25, -0.2) is 13.8 Å². The van der Waals surface area contributed by atoms with Crippen LogP contribution < -0.4 is 5.43 Å². The molecule has 0 saturated heterocycles. The lowest BCUT2D eigenvalue weighted by Crippen LogP contribution is -2.55. The zero-order valence-corrected chi connectivity index (χ0v) is 13.6. The molecule has 2 aromatic rings. The second kappa shape index (κ2) is 6.78. The first-order valence-electron chi connectivity index (χ1n) is 7.35. The van der Waals surface area contributed by atoms with Gasteiger partial charge in [-0.15, -0.1) is 0 Å². The number of halogens is 2. The first kappa shape index (κ1) is 17.6. The average Bonchev–Trinajstić information content (AvgIpc) is 2.50. The number of nitrogens with zero attached hydrogens (tertiary/aromatic N) is 1. The second-order valence-corrected chi connectivity index (χ2v) is 6.28. The van der Waals surface area contributed by atoms with Crippen LogP contribution >= 0.6 is 0 Å². The van der Waals surface area contributed by atoms with Crippen molar-refractivity contribution in [1.82, 2.24) is 10.4 Å². The first-order valence-corrected chi connectivity index (χ1v) is 7.35. The standard InChI is InChI=1S/C18H18F2N2O2/c1-18(2,3)22(21-16(23)12-7-5-4-6-8-12)17(24)13-9-14(19)11-15(20)10-13/h4-11H,1-3H3,(H,21,23). The highest BCUT2D eigenvalue weighted by atomic mass is 19.1. The van der Waals surface area contributed by atoms with Gasteiger partial charge in [-0.2, -0.15) is 0 Å². The molecule has 24 heavy (non-hydrogen) atoms. The molecule has 0 spiro atoms. The number of hydrogen-bond acceptors (Lipinski definition) is 2. The summed E-state index contributed by atoms with van der Waals surface area (Å²) in [6, 6.07) is 10.9. The summed E-state index contributed by atoms with van der Waals surface area (Å²) in [6.45, 7) is 5.10. The molecule has 6 heteroatoms. The molecule has 0 aliphatic rings. The second-order valence-electron chi connectivity index (χ2n) is 6.28. The van der Waals surface area contributed by atoms with Crippen LogP contribution in [0.4, 0.5) is 8.78 Å². The van der Waals surface area contributed by atoms with E-state index in [0.29, 0.717) is 11.6 Å². The Bertz CT molecular complexity index is 735. The SMILES string of the molecule is CC(C)(C)N(NC(=O)c1ccccc1)C(=O)c1cc(F)cc(F)c1. The van der Waals surface area contributed by atoms with Crippen LogP contribution in [0.15, 0.2) is 48.5 Å². The molecule has 0 fully saturated rings. The number of benzene rings is 2. The number of hydrogen-bond donors (Lipinski definition) is 1. The van der Waals surface area contributed by atoms with Crippen molar-refractivity contribution >= 4 is 11.8 Å². The normalized spacial score (nSPS) is 11.0. The number of hydrazine groups is 1. The number of nitrogens with one attached hydrogen (secondary N) is 1. The van der Waals surface area contributed by atoms with Gasteiger partial charge in [0, 0.05) is 17.2 Å². The Morgan fingerprint density at radius 1 is 0.917 bits per heavy atom. The van der Waals surface area contributed by atoms with E-state index in [9.17, 15) is 18.4 Å². The van der Waals surface area contributed by atoms with Crippen LogP contribution in [0.5, 0.6) is 0 Å². The lowest BCUT2D eigenvalue weighted by Gasteiger charge is -2.35. The maximum absolute atomic E-state index is 13.4. The molecule has 0 aliphatic heterocycles. The molecular weight excluding hydrogens is 314 g/mol. The molecule has 0 aliphatic carbocycles. The van der Waals surface area contributed by atoms with Crippen molar-refractivity contribution in [3.63, 3.8) is 0 Å². The summed E-state index contributed by atoms with van der Waals surface area (Å²) in [5.74, 6) is -2.91. The smallest absolute Gasteiger partial charge is 0.267 e. The van der Waals surface area contributed by atoms with E-state index in [1.807, 2.05) is 0 Å². The number of rotatable bonds is 2. The fourth-order valence-electron chi connectivity index (χ4n) is 2.09. The highest BCUT2D eigenvalue weighted by Crippen LogP contribution is 2.17. The summed E-state index contributed by atoms with van der Waals surface area (Å²) in [6.07, 6.45) is 0. The van der Waals surface area contributed by atoms with Crippen molar-refractivity contribution in [2.75, 3.05) is 0 Å². The van der Waals surface area contributed by atoms with Crippen LogP contribution in [-0.4, -0.2) is 22.4 Å². The predicted octanol–water partition coefficient (Wildman–Crippen LogP) is 3.55. The summed E-state index contributed by atoms with van der Waals surface area (Å²) in [5.41, 5.74) is 1.89. The fourth-order valence-corrected chi connectivity index (χ4v) is 2.09. The van der Waals surface area contributed by atoms with Crippen molar-refractivity contribution in [1.29, 1.82) is 0 Å². The van der Waals surface area contributed by atoms with Gasteiger partial charge < -0.3 is 0 Å². The molecule has 126 valence electrons. The number of carbonyl (C=O) groups excluding carboxylic acids is 2. The molecule has 0 heterocycles. The van der Waals surface area contributed by atoms with E-state index in [1.54, 1.807) is 51.1 Å². The van der Waals surface area contributed by atoms with Gasteiger partial charge in [0.1, 0.15) is 11.6 Å². The largest absolute Gasteiger partial charge is 0.272 e. The first-order chi connectivity index (χ1) is 11.2. The molecule has 0 bridgehead atoms. The van der Waals surface area contributed by atoms with Crippen LogP contribution in [0.1, 0.15) is 41.5 Å². The quantitative estimate of drug-likeness (QED) is 0.855. The molecule has 2 aromatic carbocycles. The van der Waals surface area contributed by atoms with E-state index < -0.39 is 29.0 Å². The van der Waals surface area contributed by atoms with E-state index in [-0.39, 0.29) is 5.56 Å². The molecular formula is C18H18F2N2O2. The van der Waals surface area contributed by atoms with Gasteiger partial charge >= 0.3 is 0 Å². The maximum atomic E-state index is 13.4. The van der Waals surface area contributed by atoms with E-state index in [1.165, 1.54) is 0 Å². The summed E-state index contributed by atoms with van der Waals surface area (Å²) in [5, 5.41) is 1.07. The minimum atomic E-state index is -0.860. The van der Waals surface area contributed by atoms with Crippen molar-refractivity contribution in [3.8, 4) is 0 Å². The lowest BCUT2D eigenvalue weighted by atomic mass is 10.1. The zero-order chi connectivity index (χ0) is 17.9. The van der Waals surface area contributed by atoms with Crippen molar-refractivity contribution in [3.05, 3.63) is 71.3 Å². The van der Waals surface area contributed by atoms with Gasteiger partial charge in [0.15, 0.2) is 0 Å². The number of carbonyl (C=O) groups is 2. The molecule has 0 saturated carbocycles. The van der Waals surface area contributed by atoms with Crippen molar-refractivity contribution < 1.29 is 18.4 Å². The Morgan fingerprint density at radius 3 is 1.96 bits per heavy atom. The van der Waals surface area contributed by atoms with Gasteiger partial charge in [-0.1, -0.05) is 18.2 Å². The Balaban J connectivity index is 2.32. The molecule has 1 N–H and O–H groups in total. The molecule has 0 aromatic heterocycles. The highest BCUT2D eigenvalue weighted by molar-refractivity contribution is 5.99. The fraction of sp³-hybridized carbons (Fsp3) is 0.222. The Kier molecular flexibility index (Phi) is 4.97. The molecule has 4 nitrogen and oxygen atoms in total. The van der Waals surface area contributed by atoms with Crippen molar-refractivity contribution in [2.24, 2.45) is 0 Å². The zero-order valence-electron chi connectivity index (χ0n) is 13.6. The topological polar surface area (TPSA) is 49.4 Å². The molecule has 0 atom stereocenters. The lowest BCUT2D eigenvalue weighted by molar-refractivity contribution is 0.0358. The van der Waals surface area contributed by atoms with Crippen LogP contribution in [0.2, 0.25) is 0 Å². The molecule has 2 rings (SSSR count). The third kappa shape index (κ3) is 4.16. The van der Waals surface area contributed by atoms with E-state index in [0.717, 1.165) is 17.1 Å². The highest BCUT2D eigenvalue weighted by Gasteiger charge is 2.30. The minimum Gasteiger partial charge on any atom is -0.267 e. The maximum Gasteiger partial charge on any atom is 0.272 e. The Labute approximate surface area is 139 Å². The molecule has 0 radical (unpaired) electrons. The molecule has 2 amide bonds. The van der Waals surface area contributed by atoms with Gasteiger partial charge in [0.2, 0.25) is 0 Å². The van der Waals surface area contributed by atoms with Crippen LogP contribution in [0.3, 0.4) is 0 Å². The molecule has 0 unspecified atom stereocenters. The third-order valence-corrected chi connectivity index (χ3v) is 3.23. The third-order valence-electron chi connectivity index (χ3n) is 3.23. The predicted molar refractivity (Wildman–Crippen MR) is 86.2 cm³/mol. The van der Waals surface area contributed by atoms with Gasteiger partial charge in [0.05, 0.1) is 5.54 Å². The van der Waals surface area contributed by atoms with Crippen molar-refractivity contribution in [2.45, 2.75) is 26.3 Å². The van der Waals surface area contributed by atoms with Crippen LogP contribution in [0.25, 0.3) is 0 Å². The number of amides is 2. The van der Waals surface area contributed by atoms with Crippen LogP contribution in [-0.2, 0) is 0 Å². The minimum absolute atomic E-state index is 0.184. The van der Waals surface area contributed by atoms with E-state index >= 15 is 0 Å². The summed E-state index contributed by atoms with van der Waals surface area (Å²) in [4.78, 5) is 25.0. The summed E-state index contributed by atoms with van der Waals surface area (Å²) < 4.78 is 26.8. The van der Waals surface area contributed by atoms with Gasteiger partial charge in [0.25, 0.3) is 11.8 Å². The van der Waals surface area contributed by atoms with E-state index in [4.69, 9.17) is 0 Å². The van der Waals surface area contributed by atoms with E-state index in [2.05, 4.69) is 5.43 Å². The summed E-state index contributed by atoms with van der Waals surface area (Å²) in [7, 11) is 0. The summed E-state index contributed by atoms with van der Waals surface area (Å²) >= 11 is 0. The average molecular weight is 332 g/mol. The monoisotopic (exact) mass is 332 g/mol. The van der Waals surface area contributed by atoms with Gasteiger partial charge in [-0.05, 0) is 45.0 Å². The Hall–Kier alpha value is -2.76.